The van der Waals surface area contributed by atoms with Crippen molar-refractivity contribution in [2.45, 2.75) is 39.0 Å². The first-order valence-electron chi connectivity index (χ1n) is 6.19. The standard InChI is InChI=1S/C14H22O/c1-10-4-3-5-12-6-7-13(8-14(10)12)11(2)9-15/h7,11-12,14-15H,1,3-6,8-9H2,2H3/t11?,12?,14-/m1/s1. The Morgan fingerprint density at radius 2 is 2.40 bits per heavy atom. The fourth-order valence-electron chi connectivity index (χ4n) is 3.06. The van der Waals surface area contributed by atoms with E-state index in [9.17, 15) is 5.11 Å². The van der Waals surface area contributed by atoms with E-state index in [1.54, 1.807) is 0 Å². The Balaban J connectivity index is 2.09. The van der Waals surface area contributed by atoms with Crippen molar-refractivity contribution in [2.75, 3.05) is 6.61 Å². The number of aliphatic hydroxyl groups excluding tert-OH is 1. The van der Waals surface area contributed by atoms with Crippen LogP contribution >= 0.6 is 0 Å². The van der Waals surface area contributed by atoms with Crippen molar-refractivity contribution >= 4 is 0 Å². The van der Waals surface area contributed by atoms with Gasteiger partial charge in [0.1, 0.15) is 0 Å². The zero-order chi connectivity index (χ0) is 10.8. The van der Waals surface area contributed by atoms with E-state index < -0.39 is 0 Å². The number of fused-ring (bicyclic) bond motifs is 1. The Morgan fingerprint density at radius 3 is 3.13 bits per heavy atom. The Morgan fingerprint density at radius 1 is 1.60 bits per heavy atom. The van der Waals surface area contributed by atoms with Crippen LogP contribution in [0, 0.1) is 17.8 Å². The van der Waals surface area contributed by atoms with Gasteiger partial charge < -0.3 is 5.11 Å². The van der Waals surface area contributed by atoms with E-state index in [1.165, 1.54) is 36.8 Å². The summed E-state index contributed by atoms with van der Waals surface area (Å²) in [7, 11) is 0. The summed E-state index contributed by atoms with van der Waals surface area (Å²) in [6.07, 6.45) is 8.68. The summed E-state index contributed by atoms with van der Waals surface area (Å²) in [5, 5.41) is 9.19. The molecule has 0 amide bonds. The van der Waals surface area contributed by atoms with Gasteiger partial charge in [-0.15, -0.1) is 0 Å². The molecule has 2 rings (SSSR count). The minimum atomic E-state index is 0.287. The van der Waals surface area contributed by atoms with Gasteiger partial charge in [0.25, 0.3) is 0 Å². The third-order valence-electron chi connectivity index (χ3n) is 4.21. The molecule has 0 saturated heterocycles. The lowest BCUT2D eigenvalue weighted by Gasteiger charge is -2.38. The lowest BCUT2D eigenvalue weighted by Crippen LogP contribution is -2.26. The minimum absolute atomic E-state index is 0.287. The second-order valence-electron chi connectivity index (χ2n) is 5.22. The summed E-state index contributed by atoms with van der Waals surface area (Å²) < 4.78 is 0. The normalized spacial score (nSPS) is 33.2. The molecule has 0 aromatic heterocycles. The van der Waals surface area contributed by atoms with Gasteiger partial charge in [-0.1, -0.05) is 30.7 Å². The highest BCUT2D eigenvalue weighted by Crippen LogP contribution is 2.43. The van der Waals surface area contributed by atoms with E-state index in [2.05, 4.69) is 19.6 Å². The van der Waals surface area contributed by atoms with E-state index in [0.717, 1.165) is 12.3 Å². The van der Waals surface area contributed by atoms with Crippen LogP contribution in [0.5, 0.6) is 0 Å². The summed E-state index contributed by atoms with van der Waals surface area (Å²) in [5.74, 6) is 1.91. The fraction of sp³-hybridized carbons (Fsp3) is 0.714. The second kappa shape index (κ2) is 4.52. The van der Waals surface area contributed by atoms with Gasteiger partial charge in [-0.05, 0) is 43.9 Å². The molecule has 0 aromatic carbocycles. The summed E-state index contributed by atoms with van der Waals surface area (Å²) in [5.41, 5.74) is 2.92. The average molecular weight is 206 g/mol. The van der Waals surface area contributed by atoms with Crippen molar-refractivity contribution in [3.63, 3.8) is 0 Å². The Bertz CT molecular complexity index is 277. The van der Waals surface area contributed by atoms with Crippen LogP contribution in [0.15, 0.2) is 23.8 Å². The molecule has 0 radical (unpaired) electrons. The molecule has 15 heavy (non-hydrogen) atoms. The van der Waals surface area contributed by atoms with Crippen molar-refractivity contribution in [1.82, 2.24) is 0 Å². The number of aliphatic hydroxyl groups is 1. The van der Waals surface area contributed by atoms with E-state index >= 15 is 0 Å². The van der Waals surface area contributed by atoms with Crippen molar-refractivity contribution in [2.24, 2.45) is 17.8 Å². The number of rotatable bonds is 2. The van der Waals surface area contributed by atoms with Crippen LogP contribution in [0.25, 0.3) is 0 Å². The summed E-state index contributed by atoms with van der Waals surface area (Å²) >= 11 is 0. The topological polar surface area (TPSA) is 20.2 Å². The molecule has 0 aromatic rings. The highest BCUT2D eigenvalue weighted by Gasteiger charge is 2.31. The smallest absolute Gasteiger partial charge is 0.0493 e. The van der Waals surface area contributed by atoms with Crippen LogP contribution in [0.3, 0.4) is 0 Å². The molecule has 0 spiro atoms. The van der Waals surface area contributed by atoms with Crippen LogP contribution in [0.2, 0.25) is 0 Å². The molecule has 1 N–H and O–H groups in total. The molecule has 2 aliphatic rings. The quantitative estimate of drug-likeness (QED) is 0.687. The van der Waals surface area contributed by atoms with Gasteiger partial charge in [-0.3, -0.25) is 0 Å². The zero-order valence-electron chi connectivity index (χ0n) is 9.71. The van der Waals surface area contributed by atoms with Crippen molar-refractivity contribution in [1.29, 1.82) is 0 Å². The van der Waals surface area contributed by atoms with Crippen LogP contribution < -0.4 is 0 Å². The lowest BCUT2D eigenvalue weighted by molar-refractivity contribution is 0.234. The summed E-state index contributed by atoms with van der Waals surface area (Å²) in [6.45, 7) is 6.64. The maximum atomic E-state index is 9.19. The van der Waals surface area contributed by atoms with Crippen molar-refractivity contribution in [3.05, 3.63) is 23.8 Å². The van der Waals surface area contributed by atoms with Gasteiger partial charge in [-0.2, -0.15) is 0 Å². The minimum Gasteiger partial charge on any atom is -0.396 e. The largest absolute Gasteiger partial charge is 0.396 e. The molecule has 1 saturated carbocycles. The van der Waals surface area contributed by atoms with Crippen LogP contribution in [-0.4, -0.2) is 11.7 Å². The van der Waals surface area contributed by atoms with Crippen molar-refractivity contribution < 1.29 is 5.11 Å². The molecule has 84 valence electrons. The molecule has 1 nitrogen and oxygen atoms in total. The molecule has 2 unspecified atom stereocenters. The zero-order valence-corrected chi connectivity index (χ0v) is 9.71. The molecule has 1 heteroatoms. The molecule has 2 aliphatic carbocycles. The molecule has 0 aliphatic heterocycles. The highest BCUT2D eigenvalue weighted by molar-refractivity contribution is 5.19. The SMILES string of the molecule is C=C1CCCC2CC=C(C(C)CO)C[C@H]12. The maximum absolute atomic E-state index is 9.19. The maximum Gasteiger partial charge on any atom is 0.0493 e. The third kappa shape index (κ3) is 2.17. The van der Waals surface area contributed by atoms with Gasteiger partial charge in [0.05, 0.1) is 0 Å². The summed E-state index contributed by atoms with van der Waals surface area (Å²) in [6, 6.07) is 0. The monoisotopic (exact) mass is 206 g/mol. The van der Waals surface area contributed by atoms with Gasteiger partial charge in [0, 0.05) is 12.5 Å². The lowest BCUT2D eigenvalue weighted by atomic mass is 9.68. The Labute approximate surface area is 92.9 Å². The van der Waals surface area contributed by atoms with Gasteiger partial charge >= 0.3 is 0 Å². The van der Waals surface area contributed by atoms with Crippen LogP contribution in [0.1, 0.15) is 39.0 Å². The molecule has 3 atom stereocenters. The van der Waals surface area contributed by atoms with E-state index in [1.807, 2.05) is 0 Å². The van der Waals surface area contributed by atoms with E-state index in [0.29, 0.717) is 11.8 Å². The number of allylic oxidation sites excluding steroid dienone is 2. The van der Waals surface area contributed by atoms with E-state index in [4.69, 9.17) is 0 Å². The third-order valence-corrected chi connectivity index (χ3v) is 4.21. The van der Waals surface area contributed by atoms with Gasteiger partial charge in [0.2, 0.25) is 0 Å². The fourth-order valence-corrected chi connectivity index (χ4v) is 3.06. The molecule has 0 bridgehead atoms. The number of hydrogen-bond acceptors (Lipinski definition) is 1. The van der Waals surface area contributed by atoms with Crippen LogP contribution in [0.4, 0.5) is 0 Å². The predicted octanol–water partition coefficient (Wildman–Crippen LogP) is 3.31. The first kappa shape index (κ1) is 10.9. The Kier molecular flexibility index (Phi) is 3.30. The van der Waals surface area contributed by atoms with Crippen LogP contribution in [-0.2, 0) is 0 Å². The Hall–Kier alpha value is -0.560. The second-order valence-corrected chi connectivity index (χ2v) is 5.22. The first-order valence-corrected chi connectivity index (χ1v) is 6.19. The average Bonchev–Trinajstić information content (AvgIpc) is 2.28. The number of hydrogen-bond donors (Lipinski definition) is 1. The van der Waals surface area contributed by atoms with Gasteiger partial charge in [-0.25, -0.2) is 0 Å². The molecular weight excluding hydrogens is 184 g/mol. The van der Waals surface area contributed by atoms with E-state index in [-0.39, 0.29) is 6.61 Å². The first-order chi connectivity index (χ1) is 7.22. The summed E-state index contributed by atoms with van der Waals surface area (Å²) in [4.78, 5) is 0. The molecular formula is C14H22O. The predicted molar refractivity (Wildman–Crippen MR) is 63.5 cm³/mol. The van der Waals surface area contributed by atoms with Crippen molar-refractivity contribution in [3.8, 4) is 0 Å². The van der Waals surface area contributed by atoms with Gasteiger partial charge in [0.15, 0.2) is 0 Å². The highest BCUT2D eigenvalue weighted by atomic mass is 16.3. The molecule has 1 fully saturated rings. The molecule has 0 heterocycles.